The van der Waals surface area contributed by atoms with Crippen LogP contribution in [0.2, 0.25) is 0 Å². The number of benzene rings is 1. The Hall–Kier alpha value is -1.63. The summed E-state index contributed by atoms with van der Waals surface area (Å²) in [4.78, 5) is 11.6. The van der Waals surface area contributed by atoms with Crippen molar-refractivity contribution < 1.29 is 27.5 Å². The second-order valence-corrected chi connectivity index (χ2v) is 4.30. The largest absolute Gasteiger partial charge is 0.416 e. The zero-order valence-electron chi connectivity index (χ0n) is 10.8. The lowest BCUT2D eigenvalue weighted by Crippen LogP contribution is -2.28. The van der Waals surface area contributed by atoms with Gasteiger partial charge in [-0.05, 0) is 31.0 Å². The summed E-state index contributed by atoms with van der Waals surface area (Å²) in [5.74, 6) is -1.96. The lowest BCUT2D eigenvalue weighted by Gasteiger charge is -2.11. The predicted octanol–water partition coefficient (Wildman–Crippen LogP) is 2.74. The van der Waals surface area contributed by atoms with Gasteiger partial charge in [0.15, 0.2) is 0 Å². The fourth-order valence-corrected chi connectivity index (χ4v) is 1.53. The third-order valence-electron chi connectivity index (χ3n) is 2.77. The minimum absolute atomic E-state index is 0.0591. The first-order chi connectivity index (χ1) is 9.25. The van der Waals surface area contributed by atoms with Gasteiger partial charge >= 0.3 is 6.18 Å². The van der Waals surface area contributed by atoms with Crippen molar-refractivity contribution in [1.29, 1.82) is 0 Å². The number of hydrogen-bond donors (Lipinski definition) is 2. The molecule has 0 saturated heterocycles. The number of amides is 1. The average molecular weight is 293 g/mol. The van der Waals surface area contributed by atoms with E-state index in [2.05, 4.69) is 5.32 Å². The fourth-order valence-electron chi connectivity index (χ4n) is 1.53. The zero-order chi connectivity index (χ0) is 15.3. The first kappa shape index (κ1) is 16.4. The van der Waals surface area contributed by atoms with Crippen molar-refractivity contribution in [2.45, 2.75) is 32.0 Å². The van der Waals surface area contributed by atoms with E-state index in [1.807, 2.05) is 0 Å². The topological polar surface area (TPSA) is 49.3 Å². The molecule has 1 aromatic carbocycles. The average Bonchev–Trinajstić information content (AvgIpc) is 2.37. The Morgan fingerprint density at radius 2 is 2.05 bits per heavy atom. The maximum absolute atomic E-state index is 13.4. The van der Waals surface area contributed by atoms with E-state index in [1.165, 1.54) is 0 Å². The molecule has 20 heavy (non-hydrogen) atoms. The highest BCUT2D eigenvalue weighted by atomic mass is 19.4. The zero-order valence-corrected chi connectivity index (χ0v) is 10.8. The van der Waals surface area contributed by atoms with Crippen LogP contribution in [0.15, 0.2) is 18.2 Å². The number of carbonyl (C=O) groups excluding carboxylic acids is 1. The van der Waals surface area contributed by atoms with Gasteiger partial charge in [0.05, 0.1) is 17.2 Å². The Balaban J connectivity index is 2.77. The van der Waals surface area contributed by atoms with E-state index in [0.717, 1.165) is 0 Å². The summed E-state index contributed by atoms with van der Waals surface area (Å²) < 4.78 is 50.8. The molecule has 0 bridgehead atoms. The summed E-state index contributed by atoms with van der Waals surface area (Å²) in [6.45, 7) is 1.81. The summed E-state index contributed by atoms with van der Waals surface area (Å²) >= 11 is 0. The quantitative estimate of drug-likeness (QED) is 0.820. The van der Waals surface area contributed by atoms with E-state index in [1.54, 1.807) is 6.92 Å². The van der Waals surface area contributed by atoms with E-state index in [4.69, 9.17) is 0 Å². The van der Waals surface area contributed by atoms with Crippen LogP contribution in [0, 0.1) is 5.82 Å². The number of alkyl halides is 3. The molecule has 0 saturated carbocycles. The van der Waals surface area contributed by atoms with Gasteiger partial charge in [-0.15, -0.1) is 0 Å². The van der Waals surface area contributed by atoms with Crippen molar-refractivity contribution in [2.75, 3.05) is 6.54 Å². The van der Waals surface area contributed by atoms with Gasteiger partial charge in [0.1, 0.15) is 5.82 Å². The van der Waals surface area contributed by atoms with E-state index < -0.39 is 35.1 Å². The van der Waals surface area contributed by atoms with E-state index in [0.29, 0.717) is 24.6 Å². The van der Waals surface area contributed by atoms with Crippen molar-refractivity contribution in [3.8, 4) is 0 Å². The van der Waals surface area contributed by atoms with Gasteiger partial charge in [0, 0.05) is 6.54 Å². The highest BCUT2D eigenvalue weighted by molar-refractivity contribution is 5.94. The summed E-state index contributed by atoms with van der Waals surface area (Å²) in [6.07, 6.45) is -4.50. The van der Waals surface area contributed by atoms with Crippen molar-refractivity contribution in [1.82, 2.24) is 5.32 Å². The number of nitrogens with one attached hydrogen (secondary N) is 1. The van der Waals surface area contributed by atoms with Crippen LogP contribution in [0.3, 0.4) is 0 Å². The van der Waals surface area contributed by atoms with Crippen LogP contribution in [0.4, 0.5) is 17.6 Å². The van der Waals surface area contributed by atoms with E-state index in [9.17, 15) is 27.5 Å². The second kappa shape index (κ2) is 6.69. The Labute approximate surface area is 113 Å². The fraction of sp³-hybridized carbons (Fsp3) is 0.462. The lowest BCUT2D eigenvalue weighted by molar-refractivity contribution is -0.137. The van der Waals surface area contributed by atoms with Gasteiger partial charge in [-0.25, -0.2) is 4.39 Å². The minimum Gasteiger partial charge on any atom is -0.393 e. The van der Waals surface area contributed by atoms with Crippen LogP contribution < -0.4 is 5.32 Å². The second-order valence-electron chi connectivity index (χ2n) is 4.30. The summed E-state index contributed by atoms with van der Waals surface area (Å²) in [6, 6.07) is 1.66. The Morgan fingerprint density at radius 3 is 2.60 bits per heavy atom. The molecule has 1 rings (SSSR count). The first-order valence-electron chi connectivity index (χ1n) is 6.08. The van der Waals surface area contributed by atoms with E-state index >= 15 is 0 Å². The van der Waals surface area contributed by atoms with Crippen molar-refractivity contribution >= 4 is 5.91 Å². The number of rotatable bonds is 5. The molecule has 0 aliphatic heterocycles. The summed E-state index contributed by atoms with van der Waals surface area (Å²) in [5.41, 5.74) is -1.75. The number of hydrogen-bond acceptors (Lipinski definition) is 2. The summed E-state index contributed by atoms with van der Waals surface area (Å²) in [7, 11) is 0. The molecule has 0 aromatic heterocycles. The van der Waals surface area contributed by atoms with Gasteiger partial charge < -0.3 is 10.4 Å². The molecule has 1 unspecified atom stereocenters. The molecule has 112 valence electrons. The Kier molecular flexibility index (Phi) is 5.50. The molecular formula is C13H15F4NO2. The van der Waals surface area contributed by atoms with Gasteiger partial charge in [0.25, 0.3) is 5.91 Å². The third kappa shape index (κ3) is 4.48. The molecule has 1 atom stereocenters. The molecule has 1 aromatic rings. The molecule has 2 N–H and O–H groups in total. The van der Waals surface area contributed by atoms with Gasteiger partial charge in [0.2, 0.25) is 0 Å². The number of carbonyl (C=O) groups is 1. The molecule has 3 nitrogen and oxygen atoms in total. The smallest absolute Gasteiger partial charge is 0.393 e. The van der Waals surface area contributed by atoms with Gasteiger partial charge in [-0.3, -0.25) is 4.79 Å². The van der Waals surface area contributed by atoms with Crippen molar-refractivity contribution in [2.24, 2.45) is 0 Å². The molecule has 0 fully saturated rings. The minimum atomic E-state index is -4.64. The number of aliphatic hydroxyl groups excluding tert-OH is 1. The number of halogens is 4. The first-order valence-corrected chi connectivity index (χ1v) is 6.08. The highest BCUT2D eigenvalue weighted by Crippen LogP contribution is 2.30. The maximum atomic E-state index is 13.4. The van der Waals surface area contributed by atoms with Crippen molar-refractivity contribution in [3.63, 3.8) is 0 Å². The molecule has 0 heterocycles. The molecule has 0 aliphatic rings. The SMILES string of the molecule is CCC(O)CCNC(=O)c1cc(C(F)(F)F)ccc1F. The van der Waals surface area contributed by atoms with Gasteiger partial charge in [-0.1, -0.05) is 6.92 Å². The Bertz CT molecular complexity index is 474. The third-order valence-corrected chi connectivity index (χ3v) is 2.77. The normalized spacial score (nSPS) is 13.1. The van der Waals surface area contributed by atoms with Crippen LogP contribution in [0.25, 0.3) is 0 Å². The molecular weight excluding hydrogens is 278 g/mol. The van der Waals surface area contributed by atoms with Crippen LogP contribution in [-0.2, 0) is 6.18 Å². The molecule has 7 heteroatoms. The van der Waals surface area contributed by atoms with Crippen LogP contribution in [-0.4, -0.2) is 23.7 Å². The standard InChI is InChI=1S/C13H15F4NO2/c1-2-9(19)5-6-18-12(20)10-7-8(13(15,16)17)3-4-11(10)14/h3-4,7,9,19H,2,5-6H2,1H3,(H,18,20). The van der Waals surface area contributed by atoms with Crippen molar-refractivity contribution in [3.05, 3.63) is 35.1 Å². The Morgan fingerprint density at radius 1 is 1.40 bits per heavy atom. The molecule has 0 spiro atoms. The molecule has 1 amide bonds. The van der Waals surface area contributed by atoms with Crippen LogP contribution >= 0.6 is 0 Å². The van der Waals surface area contributed by atoms with Crippen LogP contribution in [0.5, 0.6) is 0 Å². The lowest BCUT2D eigenvalue weighted by atomic mass is 10.1. The summed E-state index contributed by atoms with van der Waals surface area (Å²) in [5, 5.41) is 11.6. The predicted molar refractivity (Wildman–Crippen MR) is 64.7 cm³/mol. The molecule has 0 radical (unpaired) electrons. The highest BCUT2D eigenvalue weighted by Gasteiger charge is 2.31. The monoisotopic (exact) mass is 293 g/mol. The maximum Gasteiger partial charge on any atom is 0.416 e. The number of aliphatic hydroxyl groups is 1. The van der Waals surface area contributed by atoms with Crippen LogP contribution in [0.1, 0.15) is 35.7 Å². The van der Waals surface area contributed by atoms with E-state index in [-0.39, 0.29) is 13.0 Å². The van der Waals surface area contributed by atoms with Gasteiger partial charge in [-0.2, -0.15) is 13.2 Å². The molecule has 0 aliphatic carbocycles.